The summed E-state index contributed by atoms with van der Waals surface area (Å²) < 4.78 is 45.5. The second-order valence-electron chi connectivity index (χ2n) is 6.84. The minimum atomic E-state index is -4.49. The van der Waals surface area contributed by atoms with E-state index in [2.05, 4.69) is 4.98 Å². The van der Waals surface area contributed by atoms with Gasteiger partial charge in [-0.15, -0.1) is 0 Å². The molecule has 0 aliphatic rings. The lowest BCUT2D eigenvalue weighted by atomic mass is 10.1. The zero-order valence-corrected chi connectivity index (χ0v) is 17.2. The molecule has 0 radical (unpaired) electrons. The van der Waals surface area contributed by atoms with Gasteiger partial charge in [0.15, 0.2) is 5.16 Å². The molecule has 0 fully saturated rings. The highest BCUT2D eigenvalue weighted by atomic mass is 32.2. The maximum Gasteiger partial charge on any atom is 0.416 e. The van der Waals surface area contributed by atoms with Crippen LogP contribution in [0.15, 0.2) is 58.5 Å². The molecule has 0 saturated heterocycles. The predicted molar refractivity (Wildman–Crippen MR) is 110 cm³/mol. The number of ether oxygens (including phenoxy) is 1. The SMILES string of the molecule is COCC(C)n1c(SCC(O)c2cccc(C(F)(F)F)c2)nc2ccccc2c1=O. The maximum absolute atomic E-state index is 13.0. The van der Waals surface area contributed by atoms with Crippen molar-refractivity contribution < 1.29 is 23.0 Å². The topological polar surface area (TPSA) is 64.3 Å². The number of thioether (sulfide) groups is 1. The molecule has 1 heterocycles. The van der Waals surface area contributed by atoms with Gasteiger partial charge >= 0.3 is 6.18 Å². The van der Waals surface area contributed by atoms with Crippen LogP contribution in [0.25, 0.3) is 10.9 Å². The second kappa shape index (κ2) is 9.20. The van der Waals surface area contributed by atoms with Gasteiger partial charge in [0.2, 0.25) is 0 Å². The van der Waals surface area contributed by atoms with E-state index < -0.39 is 17.8 Å². The largest absolute Gasteiger partial charge is 0.416 e. The number of fused-ring (bicyclic) bond motifs is 1. The Bertz CT molecular complexity index is 1090. The highest BCUT2D eigenvalue weighted by molar-refractivity contribution is 7.99. The lowest BCUT2D eigenvalue weighted by molar-refractivity contribution is -0.137. The third-order valence-electron chi connectivity index (χ3n) is 4.59. The average Bonchev–Trinajstić information content (AvgIpc) is 2.71. The number of methoxy groups -OCH3 is 1. The molecule has 5 nitrogen and oxygen atoms in total. The van der Waals surface area contributed by atoms with Crippen molar-refractivity contribution in [2.45, 2.75) is 30.4 Å². The van der Waals surface area contributed by atoms with Crippen LogP contribution >= 0.6 is 11.8 Å². The fraction of sp³-hybridized carbons (Fsp3) is 0.333. The minimum absolute atomic E-state index is 0.0335. The van der Waals surface area contributed by atoms with Gasteiger partial charge in [-0.25, -0.2) is 4.98 Å². The van der Waals surface area contributed by atoms with Gasteiger partial charge in [-0.3, -0.25) is 9.36 Å². The van der Waals surface area contributed by atoms with Crippen molar-refractivity contribution in [1.82, 2.24) is 9.55 Å². The standard InChI is InChI=1S/C21H21F3N2O3S/c1-13(11-29-2)26-19(28)16-8-3-4-9-17(16)25-20(26)30-12-18(27)14-6-5-7-15(10-14)21(22,23)24/h3-10,13,18,27H,11-12H2,1-2H3. The summed E-state index contributed by atoms with van der Waals surface area (Å²) in [5.74, 6) is 0.0335. The summed E-state index contributed by atoms with van der Waals surface area (Å²) in [7, 11) is 1.53. The summed E-state index contributed by atoms with van der Waals surface area (Å²) in [6, 6.07) is 11.2. The summed E-state index contributed by atoms with van der Waals surface area (Å²) in [4.78, 5) is 17.5. The molecule has 3 rings (SSSR count). The van der Waals surface area contributed by atoms with Gasteiger partial charge in [-0.1, -0.05) is 36.0 Å². The van der Waals surface area contributed by atoms with Gasteiger partial charge in [-0.05, 0) is 36.8 Å². The van der Waals surface area contributed by atoms with Gasteiger partial charge in [0.25, 0.3) is 5.56 Å². The Labute approximate surface area is 175 Å². The summed E-state index contributed by atoms with van der Waals surface area (Å²) >= 11 is 1.11. The van der Waals surface area contributed by atoms with Crippen LogP contribution in [0.1, 0.15) is 30.2 Å². The summed E-state index contributed by atoms with van der Waals surface area (Å²) in [6.45, 7) is 2.10. The number of aliphatic hydroxyl groups is 1. The first-order valence-corrected chi connectivity index (χ1v) is 10.2. The van der Waals surface area contributed by atoms with Crippen molar-refractivity contribution in [2.75, 3.05) is 19.5 Å². The number of aromatic nitrogens is 2. The van der Waals surface area contributed by atoms with E-state index in [1.54, 1.807) is 24.3 Å². The summed E-state index contributed by atoms with van der Waals surface area (Å²) in [6.07, 6.45) is -5.65. The molecule has 2 unspecified atom stereocenters. The number of para-hydroxylation sites is 1. The van der Waals surface area contributed by atoms with E-state index in [0.717, 1.165) is 23.9 Å². The Kier molecular flexibility index (Phi) is 6.84. The van der Waals surface area contributed by atoms with Gasteiger partial charge in [0, 0.05) is 12.9 Å². The molecule has 2 atom stereocenters. The predicted octanol–water partition coefficient (Wildman–Crippen LogP) is 4.45. The van der Waals surface area contributed by atoms with Crippen LogP contribution < -0.4 is 5.56 Å². The number of aliphatic hydroxyl groups excluding tert-OH is 1. The van der Waals surface area contributed by atoms with Crippen molar-refractivity contribution in [3.05, 3.63) is 70.0 Å². The van der Waals surface area contributed by atoms with Crippen LogP contribution in [-0.4, -0.2) is 34.1 Å². The number of halogens is 3. The molecule has 0 saturated carbocycles. The Morgan fingerprint density at radius 2 is 1.93 bits per heavy atom. The van der Waals surface area contributed by atoms with E-state index in [-0.39, 0.29) is 29.5 Å². The molecule has 1 N–H and O–H groups in total. The number of nitrogens with zero attached hydrogens (tertiary/aromatic N) is 2. The quantitative estimate of drug-likeness (QED) is 0.436. The summed E-state index contributed by atoms with van der Waals surface area (Å²) in [5.41, 5.74) is -0.393. The first-order valence-electron chi connectivity index (χ1n) is 9.20. The van der Waals surface area contributed by atoms with Crippen LogP contribution in [0.5, 0.6) is 0 Å². The summed E-state index contributed by atoms with van der Waals surface area (Å²) in [5, 5.41) is 11.3. The second-order valence-corrected chi connectivity index (χ2v) is 7.83. The number of alkyl halides is 3. The molecule has 0 bridgehead atoms. The fourth-order valence-corrected chi connectivity index (χ4v) is 4.17. The molecular weight excluding hydrogens is 417 g/mol. The monoisotopic (exact) mass is 438 g/mol. The van der Waals surface area contributed by atoms with Crippen LogP contribution in [0.2, 0.25) is 0 Å². The Hall–Kier alpha value is -2.36. The van der Waals surface area contributed by atoms with Crippen molar-refractivity contribution in [3.8, 4) is 0 Å². The van der Waals surface area contributed by atoms with Crippen LogP contribution in [-0.2, 0) is 10.9 Å². The van der Waals surface area contributed by atoms with Gasteiger partial charge in [0.1, 0.15) is 0 Å². The molecular formula is C21H21F3N2O3S. The highest BCUT2D eigenvalue weighted by Gasteiger charge is 2.31. The third kappa shape index (κ3) is 4.85. The molecule has 0 spiro atoms. The number of hydrogen-bond donors (Lipinski definition) is 1. The van der Waals surface area contributed by atoms with E-state index in [1.807, 2.05) is 6.92 Å². The zero-order chi connectivity index (χ0) is 21.9. The molecule has 1 aromatic heterocycles. The number of hydrogen-bond acceptors (Lipinski definition) is 5. The third-order valence-corrected chi connectivity index (χ3v) is 5.62. The van der Waals surface area contributed by atoms with Crippen molar-refractivity contribution in [1.29, 1.82) is 0 Å². The van der Waals surface area contributed by atoms with E-state index in [9.17, 15) is 23.1 Å². The molecule has 0 aliphatic carbocycles. The van der Waals surface area contributed by atoms with Gasteiger partial charge in [-0.2, -0.15) is 13.2 Å². The highest BCUT2D eigenvalue weighted by Crippen LogP contribution is 2.32. The average molecular weight is 438 g/mol. The molecule has 2 aromatic carbocycles. The van der Waals surface area contributed by atoms with Gasteiger partial charge in [0.05, 0.1) is 35.2 Å². The van der Waals surface area contributed by atoms with E-state index in [0.29, 0.717) is 16.1 Å². The van der Waals surface area contributed by atoms with E-state index in [1.165, 1.54) is 23.8 Å². The first kappa shape index (κ1) is 22.3. The van der Waals surface area contributed by atoms with Crippen molar-refractivity contribution in [2.24, 2.45) is 0 Å². The van der Waals surface area contributed by atoms with Gasteiger partial charge < -0.3 is 9.84 Å². The Balaban J connectivity index is 1.91. The normalized spacial score (nSPS) is 14.1. The van der Waals surface area contributed by atoms with E-state index in [4.69, 9.17) is 4.74 Å². The van der Waals surface area contributed by atoms with Crippen LogP contribution in [0.4, 0.5) is 13.2 Å². The lowest BCUT2D eigenvalue weighted by Gasteiger charge is -2.20. The Morgan fingerprint density at radius 3 is 2.63 bits per heavy atom. The first-order chi connectivity index (χ1) is 14.2. The van der Waals surface area contributed by atoms with E-state index >= 15 is 0 Å². The fourth-order valence-electron chi connectivity index (χ4n) is 3.10. The molecule has 3 aromatic rings. The number of rotatable bonds is 7. The van der Waals surface area contributed by atoms with Crippen molar-refractivity contribution >= 4 is 22.7 Å². The zero-order valence-electron chi connectivity index (χ0n) is 16.4. The van der Waals surface area contributed by atoms with Crippen LogP contribution in [0.3, 0.4) is 0 Å². The number of benzene rings is 2. The smallest absolute Gasteiger partial charge is 0.388 e. The molecule has 0 amide bonds. The molecule has 9 heteroatoms. The Morgan fingerprint density at radius 1 is 1.20 bits per heavy atom. The van der Waals surface area contributed by atoms with Crippen LogP contribution in [0, 0.1) is 0 Å². The molecule has 30 heavy (non-hydrogen) atoms. The minimum Gasteiger partial charge on any atom is -0.388 e. The molecule has 160 valence electrons. The molecule has 0 aliphatic heterocycles. The maximum atomic E-state index is 13.0. The lowest BCUT2D eigenvalue weighted by Crippen LogP contribution is -2.28. The van der Waals surface area contributed by atoms with Crippen molar-refractivity contribution in [3.63, 3.8) is 0 Å².